The number of benzene rings is 1. The summed E-state index contributed by atoms with van der Waals surface area (Å²) in [7, 11) is 0. The molecule has 0 radical (unpaired) electrons. The summed E-state index contributed by atoms with van der Waals surface area (Å²) in [6.07, 6.45) is 1.15. The van der Waals surface area contributed by atoms with Crippen LogP contribution in [-0.2, 0) is 10.2 Å². The smallest absolute Gasteiger partial charge is 0.233 e. The summed E-state index contributed by atoms with van der Waals surface area (Å²) in [6, 6.07) is 8.13. The van der Waals surface area contributed by atoms with Crippen LogP contribution in [0.15, 0.2) is 24.3 Å². The highest BCUT2D eigenvalue weighted by molar-refractivity contribution is 5.89. The van der Waals surface area contributed by atoms with Crippen LogP contribution in [0, 0.1) is 6.92 Å². The van der Waals surface area contributed by atoms with Crippen molar-refractivity contribution >= 4 is 5.91 Å². The fourth-order valence-electron chi connectivity index (χ4n) is 3.34. The number of hydrogen-bond acceptors (Lipinski definition) is 3. The van der Waals surface area contributed by atoms with E-state index in [0.29, 0.717) is 0 Å². The molecule has 1 amide bonds. The van der Waals surface area contributed by atoms with Crippen LogP contribution >= 0.6 is 0 Å². The van der Waals surface area contributed by atoms with Crippen molar-refractivity contribution in [1.82, 2.24) is 4.90 Å². The van der Waals surface area contributed by atoms with Gasteiger partial charge in [0.1, 0.15) is 0 Å². The van der Waals surface area contributed by atoms with E-state index in [2.05, 4.69) is 6.07 Å². The molecule has 0 unspecified atom stereocenters. The van der Waals surface area contributed by atoms with Gasteiger partial charge in [0.15, 0.2) is 0 Å². The maximum atomic E-state index is 12.9. The number of β-amino-alcohol motifs (C(OH)–C–C–N with tert-alkyl or cyclic N) is 2. The van der Waals surface area contributed by atoms with E-state index in [4.69, 9.17) is 0 Å². The molecule has 20 heavy (non-hydrogen) atoms. The number of carbonyl (C=O) groups is 1. The largest absolute Gasteiger partial charge is 0.388 e. The Hall–Kier alpha value is -1.39. The maximum absolute atomic E-state index is 12.9. The van der Waals surface area contributed by atoms with Gasteiger partial charge in [0, 0.05) is 13.1 Å². The van der Waals surface area contributed by atoms with Crippen LogP contribution in [0.2, 0.25) is 0 Å². The van der Waals surface area contributed by atoms with Gasteiger partial charge in [-0.2, -0.15) is 0 Å². The highest BCUT2D eigenvalue weighted by Crippen LogP contribution is 2.45. The van der Waals surface area contributed by atoms with Crippen molar-refractivity contribution in [3.63, 3.8) is 0 Å². The first-order valence-electron chi connectivity index (χ1n) is 7.25. The number of likely N-dealkylation sites (tertiary alicyclic amines) is 1. The Morgan fingerprint density at radius 1 is 1.25 bits per heavy atom. The van der Waals surface area contributed by atoms with Crippen molar-refractivity contribution in [3.05, 3.63) is 35.4 Å². The Kier molecular flexibility index (Phi) is 3.30. The molecule has 1 aromatic carbocycles. The van der Waals surface area contributed by atoms with Crippen molar-refractivity contribution in [2.45, 2.75) is 43.8 Å². The Labute approximate surface area is 119 Å². The number of carbonyl (C=O) groups excluding carboxylic acids is 1. The van der Waals surface area contributed by atoms with Gasteiger partial charge in [-0.1, -0.05) is 36.2 Å². The number of amides is 1. The van der Waals surface area contributed by atoms with E-state index >= 15 is 0 Å². The molecule has 0 aromatic heterocycles. The summed E-state index contributed by atoms with van der Waals surface area (Å²) in [5, 5.41) is 19.3. The summed E-state index contributed by atoms with van der Waals surface area (Å²) in [5.74, 6) is 0.0601. The molecule has 2 N–H and O–H groups in total. The normalized spacial score (nSPS) is 28.2. The number of rotatable bonds is 2. The van der Waals surface area contributed by atoms with Gasteiger partial charge in [0.05, 0.1) is 17.6 Å². The third-order valence-electron chi connectivity index (χ3n) is 4.73. The molecule has 3 rings (SSSR count). The fourth-order valence-corrected chi connectivity index (χ4v) is 3.34. The predicted molar refractivity (Wildman–Crippen MR) is 75.3 cm³/mol. The molecule has 2 aliphatic rings. The van der Waals surface area contributed by atoms with Crippen LogP contribution in [0.25, 0.3) is 0 Å². The SMILES string of the molecule is Cc1cccc(C2(C(=O)N3C[C@@H](O)[C@@H](O)C3)CCC2)c1. The summed E-state index contributed by atoms with van der Waals surface area (Å²) in [4.78, 5) is 14.5. The highest BCUT2D eigenvalue weighted by atomic mass is 16.3. The zero-order valence-corrected chi connectivity index (χ0v) is 11.7. The average Bonchev–Trinajstić information content (AvgIpc) is 2.68. The minimum atomic E-state index is -0.811. The van der Waals surface area contributed by atoms with Gasteiger partial charge < -0.3 is 15.1 Å². The van der Waals surface area contributed by atoms with Crippen molar-refractivity contribution < 1.29 is 15.0 Å². The first-order chi connectivity index (χ1) is 9.53. The lowest BCUT2D eigenvalue weighted by Crippen LogP contribution is -2.50. The lowest BCUT2D eigenvalue weighted by Gasteiger charge is -2.43. The van der Waals surface area contributed by atoms with Crippen LogP contribution in [0.5, 0.6) is 0 Å². The second-order valence-electron chi connectivity index (χ2n) is 6.15. The predicted octanol–water partition coefficient (Wildman–Crippen LogP) is 0.981. The Morgan fingerprint density at radius 3 is 2.40 bits per heavy atom. The van der Waals surface area contributed by atoms with E-state index in [0.717, 1.165) is 30.4 Å². The van der Waals surface area contributed by atoms with Gasteiger partial charge in [0.25, 0.3) is 0 Å². The Morgan fingerprint density at radius 2 is 1.90 bits per heavy atom. The monoisotopic (exact) mass is 275 g/mol. The van der Waals surface area contributed by atoms with Gasteiger partial charge in [0.2, 0.25) is 5.91 Å². The summed E-state index contributed by atoms with van der Waals surface area (Å²) >= 11 is 0. The van der Waals surface area contributed by atoms with Crippen molar-refractivity contribution in [2.75, 3.05) is 13.1 Å². The van der Waals surface area contributed by atoms with E-state index in [-0.39, 0.29) is 19.0 Å². The second-order valence-corrected chi connectivity index (χ2v) is 6.15. The number of nitrogens with zero attached hydrogens (tertiary/aromatic N) is 1. The fraction of sp³-hybridized carbons (Fsp3) is 0.562. The molecule has 0 spiro atoms. The number of aryl methyl sites for hydroxylation is 1. The number of aliphatic hydroxyl groups excluding tert-OH is 2. The molecular weight excluding hydrogens is 254 g/mol. The molecule has 2 fully saturated rings. The molecule has 4 nitrogen and oxygen atoms in total. The van der Waals surface area contributed by atoms with Gasteiger partial charge in [-0.3, -0.25) is 4.79 Å². The molecule has 0 bridgehead atoms. The van der Waals surface area contributed by atoms with Gasteiger partial charge in [-0.15, -0.1) is 0 Å². The molecule has 1 aromatic rings. The Bertz CT molecular complexity index is 514. The van der Waals surface area contributed by atoms with Crippen molar-refractivity contribution in [3.8, 4) is 0 Å². The van der Waals surface area contributed by atoms with Crippen LogP contribution < -0.4 is 0 Å². The lowest BCUT2D eigenvalue weighted by atomic mass is 9.63. The third kappa shape index (κ3) is 2.03. The molecule has 1 saturated heterocycles. The first kappa shape index (κ1) is 13.6. The van der Waals surface area contributed by atoms with Crippen LogP contribution in [-0.4, -0.2) is 46.3 Å². The van der Waals surface area contributed by atoms with Gasteiger partial charge in [-0.05, 0) is 25.3 Å². The molecule has 4 heteroatoms. The quantitative estimate of drug-likeness (QED) is 0.846. The van der Waals surface area contributed by atoms with E-state index in [9.17, 15) is 15.0 Å². The standard InChI is InChI=1S/C16H21NO3/c1-11-4-2-5-12(8-11)16(6-3-7-16)15(20)17-9-13(18)14(19)10-17/h2,4-5,8,13-14,18-19H,3,6-7,9-10H2,1H3/t13-,14+. The van der Waals surface area contributed by atoms with Crippen LogP contribution in [0.3, 0.4) is 0 Å². The molecular formula is C16H21NO3. The molecule has 1 heterocycles. The molecule has 1 aliphatic heterocycles. The summed E-state index contributed by atoms with van der Waals surface area (Å²) in [5.41, 5.74) is 1.79. The van der Waals surface area contributed by atoms with Gasteiger partial charge in [-0.25, -0.2) is 0 Å². The topological polar surface area (TPSA) is 60.8 Å². The molecule has 108 valence electrons. The highest BCUT2D eigenvalue weighted by Gasteiger charge is 2.49. The molecule has 1 aliphatic carbocycles. The molecule has 1 saturated carbocycles. The first-order valence-corrected chi connectivity index (χ1v) is 7.25. The third-order valence-corrected chi connectivity index (χ3v) is 4.73. The minimum Gasteiger partial charge on any atom is -0.388 e. The van der Waals surface area contributed by atoms with E-state index < -0.39 is 17.6 Å². The van der Waals surface area contributed by atoms with E-state index in [1.165, 1.54) is 0 Å². The second kappa shape index (κ2) is 4.86. The van der Waals surface area contributed by atoms with Crippen LogP contribution in [0.1, 0.15) is 30.4 Å². The summed E-state index contributed by atoms with van der Waals surface area (Å²) in [6.45, 7) is 2.52. The zero-order chi connectivity index (χ0) is 14.3. The zero-order valence-electron chi connectivity index (χ0n) is 11.7. The Balaban J connectivity index is 1.88. The number of aliphatic hydroxyl groups is 2. The van der Waals surface area contributed by atoms with Crippen molar-refractivity contribution in [2.24, 2.45) is 0 Å². The number of hydrogen-bond donors (Lipinski definition) is 2. The minimum absolute atomic E-state index is 0.0601. The maximum Gasteiger partial charge on any atom is 0.233 e. The van der Waals surface area contributed by atoms with Gasteiger partial charge >= 0.3 is 0 Å². The molecule has 2 atom stereocenters. The van der Waals surface area contributed by atoms with Crippen molar-refractivity contribution in [1.29, 1.82) is 0 Å². The lowest BCUT2D eigenvalue weighted by molar-refractivity contribution is -0.140. The average molecular weight is 275 g/mol. The summed E-state index contributed by atoms with van der Waals surface area (Å²) < 4.78 is 0. The van der Waals surface area contributed by atoms with Crippen LogP contribution in [0.4, 0.5) is 0 Å². The van der Waals surface area contributed by atoms with E-state index in [1.54, 1.807) is 4.90 Å². The van der Waals surface area contributed by atoms with E-state index in [1.807, 2.05) is 25.1 Å².